The van der Waals surface area contributed by atoms with Gasteiger partial charge in [-0.05, 0) is 56.2 Å². The second-order valence-corrected chi connectivity index (χ2v) is 7.86. The number of hydrogen-bond acceptors (Lipinski definition) is 4. The molecule has 29 heavy (non-hydrogen) atoms. The van der Waals surface area contributed by atoms with Gasteiger partial charge < -0.3 is 15.2 Å². The van der Waals surface area contributed by atoms with E-state index in [4.69, 9.17) is 0 Å². The number of hydrazine groups is 1. The zero-order valence-electron chi connectivity index (χ0n) is 16.4. The summed E-state index contributed by atoms with van der Waals surface area (Å²) in [5.41, 5.74) is 5.63. The molecule has 0 bridgehead atoms. The van der Waals surface area contributed by atoms with Crippen molar-refractivity contribution in [2.45, 2.75) is 50.6 Å². The van der Waals surface area contributed by atoms with E-state index in [2.05, 4.69) is 16.8 Å². The fraction of sp³-hybridized carbons (Fsp3) is 0.455. The molecule has 2 aliphatic heterocycles. The molecule has 2 unspecified atom stereocenters. The molecule has 0 aromatic heterocycles. The molecule has 2 atom stereocenters. The van der Waals surface area contributed by atoms with Crippen LogP contribution in [0.4, 0.5) is 4.39 Å². The lowest BCUT2D eigenvalue weighted by Gasteiger charge is -2.31. The number of carbonyl (C=O) groups excluding carboxylic acids is 2. The number of allylic oxidation sites excluding steroid dienone is 1. The Bertz CT molecular complexity index is 821. The van der Waals surface area contributed by atoms with Gasteiger partial charge in [0.15, 0.2) is 0 Å². The van der Waals surface area contributed by atoms with Gasteiger partial charge in [0.1, 0.15) is 18.4 Å². The van der Waals surface area contributed by atoms with Gasteiger partial charge in [-0.1, -0.05) is 23.8 Å². The minimum Gasteiger partial charge on any atom is -0.354 e. The molecule has 3 aliphatic rings. The van der Waals surface area contributed by atoms with Crippen LogP contribution in [0.15, 0.2) is 48.3 Å². The molecule has 2 amide bonds. The number of halogens is 1. The first-order valence-corrected chi connectivity index (χ1v) is 10.3. The van der Waals surface area contributed by atoms with Crippen LogP contribution in [0.3, 0.4) is 0 Å². The first kappa shape index (κ1) is 19.6. The second kappa shape index (κ2) is 8.78. The van der Waals surface area contributed by atoms with E-state index >= 15 is 0 Å². The molecule has 2 heterocycles. The third-order valence-corrected chi connectivity index (χ3v) is 5.81. The minimum atomic E-state index is -0.366. The fourth-order valence-corrected chi connectivity index (χ4v) is 4.18. The zero-order chi connectivity index (χ0) is 20.2. The van der Waals surface area contributed by atoms with E-state index < -0.39 is 0 Å². The summed E-state index contributed by atoms with van der Waals surface area (Å²) in [6, 6.07) is 5.87. The Morgan fingerprint density at radius 1 is 1.21 bits per heavy atom. The lowest BCUT2D eigenvalue weighted by molar-refractivity contribution is -0.138. The van der Waals surface area contributed by atoms with Crippen molar-refractivity contribution in [3.63, 3.8) is 0 Å². The molecular weight excluding hydrogens is 371 g/mol. The summed E-state index contributed by atoms with van der Waals surface area (Å²) in [6.45, 7) is 0.639. The SMILES string of the molecule is O=C(CN1C=CN2NC(c3ccc(F)cc3)CC2C1=O)NCCC1=CCCCC1. The number of carbonyl (C=O) groups is 2. The van der Waals surface area contributed by atoms with Crippen molar-refractivity contribution in [1.29, 1.82) is 0 Å². The number of nitrogens with zero attached hydrogens (tertiary/aromatic N) is 2. The van der Waals surface area contributed by atoms with Crippen LogP contribution >= 0.6 is 0 Å². The predicted octanol–water partition coefficient (Wildman–Crippen LogP) is 2.77. The number of hydrogen-bond donors (Lipinski definition) is 2. The highest BCUT2D eigenvalue weighted by Gasteiger charge is 2.40. The van der Waals surface area contributed by atoms with E-state index in [0.29, 0.717) is 13.0 Å². The maximum Gasteiger partial charge on any atom is 0.251 e. The van der Waals surface area contributed by atoms with Crippen LogP contribution in [0.5, 0.6) is 0 Å². The summed E-state index contributed by atoms with van der Waals surface area (Å²) >= 11 is 0. The van der Waals surface area contributed by atoms with Crippen LogP contribution in [0.2, 0.25) is 0 Å². The average Bonchev–Trinajstić information content (AvgIpc) is 3.17. The first-order chi connectivity index (χ1) is 14.1. The summed E-state index contributed by atoms with van der Waals surface area (Å²) < 4.78 is 13.2. The maximum absolute atomic E-state index is 13.2. The minimum absolute atomic E-state index is 0.0277. The summed E-state index contributed by atoms with van der Waals surface area (Å²) in [7, 11) is 0. The van der Waals surface area contributed by atoms with Gasteiger partial charge >= 0.3 is 0 Å². The molecule has 7 heteroatoms. The molecule has 1 aromatic carbocycles. The molecule has 1 saturated heterocycles. The van der Waals surface area contributed by atoms with Gasteiger partial charge in [0.25, 0.3) is 5.91 Å². The van der Waals surface area contributed by atoms with Gasteiger partial charge in [-0.3, -0.25) is 9.59 Å². The highest BCUT2D eigenvalue weighted by molar-refractivity contribution is 5.89. The first-order valence-electron chi connectivity index (χ1n) is 10.3. The molecule has 4 rings (SSSR count). The molecule has 0 spiro atoms. The van der Waals surface area contributed by atoms with Gasteiger partial charge in [-0.25, -0.2) is 9.82 Å². The molecular formula is C22H27FN4O2. The average molecular weight is 398 g/mol. The van der Waals surface area contributed by atoms with Gasteiger partial charge in [0.2, 0.25) is 5.91 Å². The van der Waals surface area contributed by atoms with Gasteiger partial charge in [-0.2, -0.15) is 0 Å². The van der Waals surface area contributed by atoms with Crippen LogP contribution in [-0.4, -0.2) is 40.9 Å². The molecule has 1 aromatic rings. The molecule has 6 nitrogen and oxygen atoms in total. The normalized spacial score (nSPS) is 23.8. The zero-order valence-corrected chi connectivity index (χ0v) is 16.4. The molecule has 154 valence electrons. The number of amides is 2. The largest absolute Gasteiger partial charge is 0.354 e. The van der Waals surface area contributed by atoms with E-state index in [1.54, 1.807) is 29.5 Å². The van der Waals surface area contributed by atoms with Crippen molar-refractivity contribution in [1.82, 2.24) is 20.7 Å². The van der Waals surface area contributed by atoms with Crippen LogP contribution in [0, 0.1) is 5.82 Å². The summed E-state index contributed by atoms with van der Waals surface area (Å²) in [5, 5.41) is 4.70. The Balaban J connectivity index is 1.28. The van der Waals surface area contributed by atoms with Crippen LogP contribution in [0.25, 0.3) is 0 Å². The Labute approximate surface area is 170 Å². The van der Waals surface area contributed by atoms with Crippen molar-refractivity contribution in [3.8, 4) is 0 Å². The maximum atomic E-state index is 13.2. The smallest absolute Gasteiger partial charge is 0.251 e. The van der Waals surface area contributed by atoms with Crippen molar-refractivity contribution >= 4 is 11.8 Å². The van der Waals surface area contributed by atoms with Gasteiger partial charge in [0, 0.05) is 18.9 Å². The molecule has 1 aliphatic carbocycles. The van der Waals surface area contributed by atoms with Gasteiger partial charge in [-0.15, -0.1) is 0 Å². The summed E-state index contributed by atoms with van der Waals surface area (Å²) in [4.78, 5) is 26.6. The lowest BCUT2D eigenvalue weighted by atomic mass is 9.97. The molecule has 0 saturated carbocycles. The number of rotatable bonds is 6. The Morgan fingerprint density at radius 2 is 2.03 bits per heavy atom. The molecule has 0 radical (unpaired) electrons. The number of fused-ring (bicyclic) bond motifs is 1. The van der Waals surface area contributed by atoms with E-state index in [1.165, 1.54) is 35.4 Å². The monoisotopic (exact) mass is 398 g/mol. The second-order valence-electron chi connectivity index (χ2n) is 7.86. The van der Waals surface area contributed by atoms with E-state index in [1.807, 2.05) is 0 Å². The Kier molecular flexibility index (Phi) is 5.94. The van der Waals surface area contributed by atoms with Crippen LogP contribution in [-0.2, 0) is 9.59 Å². The van der Waals surface area contributed by atoms with Crippen molar-refractivity contribution in [2.75, 3.05) is 13.1 Å². The van der Waals surface area contributed by atoms with E-state index in [-0.39, 0.29) is 36.3 Å². The van der Waals surface area contributed by atoms with Crippen molar-refractivity contribution in [2.24, 2.45) is 0 Å². The standard InChI is InChI=1S/C22H27FN4O2/c23-18-8-6-17(7-9-18)19-14-20-22(29)26(12-13-27(20)25-19)15-21(28)24-11-10-16-4-2-1-3-5-16/h4,6-9,12-13,19-20,25H,1-3,5,10-11,14-15H2,(H,24,28). The highest BCUT2D eigenvalue weighted by atomic mass is 19.1. The highest BCUT2D eigenvalue weighted by Crippen LogP contribution is 2.30. The van der Waals surface area contributed by atoms with E-state index in [9.17, 15) is 14.0 Å². The van der Waals surface area contributed by atoms with Crippen molar-refractivity contribution < 1.29 is 14.0 Å². The van der Waals surface area contributed by atoms with Gasteiger partial charge in [0.05, 0.1) is 6.04 Å². The fourth-order valence-electron chi connectivity index (χ4n) is 4.18. The summed E-state index contributed by atoms with van der Waals surface area (Å²) in [6.07, 6.45) is 11.9. The summed E-state index contributed by atoms with van der Waals surface area (Å²) in [5.74, 6) is -0.527. The topological polar surface area (TPSA) is 64.7 Å². The molecule has 2 N–H and O–H groups in total. The third kappa shape index (κ3) is 4.67. The van der Waals surface area contributed by atoms with Crippen LogP contribution in [0.1, 0.15) is 50.1 Å². The molecule has 1 fully saturated rings. The predicted molar refractivity (Wildman–Crippen MR) is 108 cm³/mol. The van der Waals surface area contributed by atoms with Crippen molar-refractivity contribution in [3.05, 3.63) is 59.7 Å². The lowest BCUT2D eigenvalue weighted by Crippen LogP contribution is -2.50. The Morgan fingerprint density at radius 3 is 2.79 bits per heavy atom. The number of benzene rings is 1. The van der Waals surface area contributed by atoms with E-state index in [0.717, 1.165) is 24.8 Å². The quantitative estimate of drug-likeness (QED) is 0.724. The van der Waals surface area contributed by atoms with Crippen LogP contribution < -0.4 is 10.7 Å². The number of nitrogens with one attached hydrogen (secondary N) is 2. The third-order valence-electron chi connectivity index (χ3n) is 5.81. The Hall–Kier alpha value is -2.67.